The van der Waals surface area contributed by atoms with Gasteiger partial charge in [0.25, 0.3) is 5.91 Å². The summed E-state index contributed by atoms with van der Waals surface area (Å²) in [6.45, 7) is 10.1. The molecular formula is C10H16N2O. The van der Waals surface area contributed by atoms with Crippen LogP contribution in [0.25, 0.3) is 0 Å². The minimum atomic E-state index is -0.170. The predicted octanol–water partition coefficient (Wildman–Crippen LogP) is 2.94. The van der Waals surface area contributed by atoms with E-state index in [9.17, 15) is 4.79 Å². The highest BCUT2D eigenvalue weighted by atomic mass is 16.2. The van der Waals surface area contributed by atoms with Gasteiger partial charge in [-0.3, -0.25) is 4.79 Å². The summed E-state index contributed by atoms with van der Waals surface area (Å²) in [5.41, 5.74) is 1.46. The fourth-order valence-electron chi connectivity index (χ4n) is 1.42. The molecule has 1 rings (SSSR count). The Kier molecular flexibility index (Phi) is 2.37. The monoisotopic (exact) mass is 180 g/mol. The first-order chi connectivity index (χ1) is 5.84. The molecule has 0 spiro atoms. The van der Waals surface area contributed by atoms with E-state index >= 15 is 0 Å². The van der Waals surface area contributed by atoms with E-state index in [0.29, 0.717) is 0 Å². The number of azo groups is 1. The van der Waals surface area contributed by atoms with Crippen molar-refractivity contribution >= 4 is 5.91 Å². The molecule has 0 saturated heterocycles. The van der Waals surface area contributed by atoms with Gasteiger partial charge in [-0.1, -0.05) is 34.6 Å². The van der Waals surface area contributed by atoms with Crippen molar-refractivity contribution in [3.05, 3.63) is 11.3 Å². The van der Waals surface area contributed by atoms with E-state index in [2.05, 4.69) is 10.2 Å². The molecule has 0 atom stereocenters. The summed E-state index contributed by atoms with van der Waals surface area (Å²) in [6, 6.07) is 0. The highest BCUT2D eigenvalue weighted by Crippen LogP contribution is 2.36. The van der Waals surface area contributed by atoms with Gasteiger partial charge >= 0.3 is 0 Å². The largest absolute Gasteiger partial charge is 0.293 e. The molecule has 0 unspecified atom stereocenters. The van der Waals surface area contributed by atoms with Crippen molar-refractivity contribution in [3.8, 4) is 0 Å². The third kappa shape index (κ3) is 1.85. The van der Waals surface area contributed by atoms with Crippen LogP contribution in [0.2, 0.25) is 0 Å². The molecule has 0 aromatic heterocycles. The van der Waals surface area contributed by atoms with Crippen LogP contribution in [-0.2, 0) is 4.79 Å². The van der Waals surface area contributed by atoms with Crippen molar-refractivity contribution in [1.82, 2.24) is 0 Å². The summed E-state index contributed by atoms with van der Waals surface area (Å²) in [7, 11) is 0. The molecule has 0 N–H and O–H groups in total. The highest BCUT2D eigenvalue weighted by molar-refractivity contribution is 5.97. The minimum absolute atomic E-state index is 0.153. The Balaban J connectivity index is 3.17. The summed E-state index contributed by atoms with van der Waals surface area (Å²) in [5.74, 6) is 0.0978. The topological polar surface area (TPSA) is 41.8 Å². The molecule has 0 fully saturated rings. The minimum Gasteiger partial charge on any atom is -0.265 e. The van der Waals surface area contributed by atoms with E-state index in [1.165, 1.54) is 0 Å². The van der Waals surface area contributed by atoms with Gasteiger partial charge in [-0.25, -0.2) is 0 Å². The van der Waals surface area contributed by atoms with Gasteiger partial charge in [0.1, 0.15) is 0 Å². The van der Waals surface area contributed by atoms with Crippen LogP contribution < -0.4 is 0 Å². The van der Waals surface area contributed by atoms with Crippen molar-refractivity contribution < 1.29 is 4.79 Å². The quantitative estimate of drug-likeness (QED) is 0.611. The number of carbonyl (C=O) groups excluding carboxylic acids is 1. The number of carbonyl (C=O) groups is 1. The first-order valence-electron chi connectivity index (χ1n) is 4.54. The first kappa shape index (κ1) is 10.1. The summed E-state index contributed by atoms with van der Waals surface area (Å²) < 4.78 is 0. The first-order valence-corrected chi connectivity index (χ1v) is 4.54. The molecule has 72 valence electrons. The lowest BCUT2D eigenvalue weighted by molar-refractivity contribution is -0.115. The number of hydrogen-bond donors (Lipinski definition) is 0. The normalized spacial score (nSPS) is 17.8. The van der Waals surface area contributed by atoms with Crippen LogP contribution in [0, 0.1) is 11.3 Å². The lowest BCUT2D eigenvalue weighted by atomic mass is 9.83. The molecule has 0 saturated carbocycles. The van der Waals surface area contributed by atoms with E-state index in [1.54, 1.807) is 0 Å². The van der Waals surface area contributed by atoms with Crippen molar-refractivity contribution in [2.75, 3.05) is 0 Å². The zero-order chi connectivity index (χ0) is 10.2. The zero-order valence-corrected chi connectivity index (χ0v) is 8.88. The van der Waals surface area contributed by atoms with Crippen LogP contribution in [0.15, 0.2) is 21.5 Å². The molecule has 1 aliphatic heterocycles. The standard InChI is InChI=1S/C10H16N2O/c1-6(2)8-7(10(3,4)5)9(13)12-11-8/h6H,1-5H3. The molecule has 3 heteroatoms. The summed E-state index contributed by atoms with van der Waals surface area (Å²) >= 11 is 0. The maximum absolute atomic E-state index is 11.4. The summed E-state index contributed by atoms with van der Waals surface area (Å²) in [4.78, 5) is 11.4. The second kappa shape index (κ2) is 3.05. The summed E-state index contributed by atoms with van der Waals surface area (Å²) in [6.07, 6.45) is 0. The summed E-state index contributed by atoms with van der Waals surface area (Å²) in [5, 5.41) is 7.52. The lowest BCUT2D eigenvalue weighted by Gasteiger charge is -2.20. The van der Waals surface area contributed by atoms with Gasteiger partial charge in [0.2, 0.25) is 0 Å². The molecule has 0 radical (unpaired) electrons. The van der Waals surface area contributed by atoms with Gasteiger partial charge in [-0.2, -0.15) is 5.11 Å². The molecule has 1 amide bonds. The fourth-order valence-corrected chi connectivity index (χ4v) is 1.42. The lowest BCUT2D eigenvalue weighted by Crippen LogP contribution is -2.17. The van der Waals surface area contributed by atoms with Crippen LogP contribution in [0.3, 0.4) is 0 Å². The van der Waals surface area contributed by atoms with Crippen molar-refractivity contribution in [2.24, 2.45) is 21.6 Å². The Bertz CT molecular complexity index is 293. The SMILES string of the molecule is CC(C)C1=C(C(C)(C)C)C(=O)N=N1. The van der Waals surface area contributed by atoms with Crippen molar-refractivity contribution in [2.45, 2.75) is 34.6 Å². The number of rotatable bonds is 1. The predicted molar refractivity (Wildman–Crippen MR) is 51.2 cm³/mol. The molecule has 1 heterocycles. The molecule has 13 heavy (non-hydrogen) atoms. The van der Waals surface area contributed by atoms with Crippen LogP contribution in [0.5, 0.6) is 0 Å². The average Bonchev–Trinajstić information content (AvgIpc) is 2.28. The van der Waals surface area contributed by atoms with Gasteiger partial charge in [0, 0.05) is 5.57 Å². The maximum atomic E-state index is 11.4. The molecule has 1 aliphatic rings. The second-order valence-corrected chi connectivity index (χ2v) is 4.67. The Morgan fingerprint density at radius 3 is 2.00 bits per heavy atom. The Morgan fingerprint density at radius 2 is 1.69 bits per heavy atom. The van der Waals surface area contributed by atoms with Gasteiger partial charge in [-0.05, 0) is 11.3 Å². The van der Waals surface area contributed by atoms with E-state index in [1.807, 2.05) is 34.6 Å². The number of allylic oxidation sites excluding steroid dienone is 1. The van der Waals surface area contributed by atoms with E-state index in [0.717, 1.165) is 11.3 Å². The maximum Gasteiger partial charge on any atom is 0.293 e. The Labute approximate surface area is 78.9 Å². The average molecular weight is 180 g/mol. The smallest absolute Gasteiger partial charge is 0.265 e. The van der Waals surface area contributed by atoms with Crippen molar-refractivity contribution in [1.29, 1.82) is 0 Å². The molecule has 0 bridgehead atoms. The highest BCUT2D eigenvalue weighted by Gasteiger charge is 2.32. The van der Waals surface area contributed by atoms with Gasteiger partial charge < -0.3 is 0 Å². The Morgan fingerprint density at radius 1 is 1.15 bits per heavy atom. The molecule has 3 nitrogen and oxygen atoms in total. The van der Waals surface area contributed by atoms with Gasteiger partial charge in [0.05, 0.1) is 5.70 Å². The Hall–Kier alpha value is -0.990. The number of nitrogens with zero attached hydrogens (tertiary/aromatic N) is 2. The zero-order valence-electron chi connectivity index (χ0n) is 8.88. The van der Waals surface area contributed by atoms with Crippen LogP contribution in [0.1, 0.15) is 34.6 Å². The number of amides is 1. The molecule has 0 aromatic rings. The van der Waals surface area contributed by atoms with Crippen LogP contribution in [-0.4, -0.2) is 5.91 Å². The third-order valence-corrected chi connectivity index (χ3v) is 2.02. The van der Waals surface area contributed by atoms with Gasteiger partial charge in [-0.15, -0.1) is 5.11 Å². The number of hydrogen-bond acceptors (Lipinski definition) is 2. The molecule has 0 aromatic carbocycles. The van der Waals surface area contributed by atoms with E-state index in [-0.39, 0.29) is 17.2 Å². The molecular weight excluding hydrogens is 164 g/mol. The van der Waals surface area contributed by atoms with Crippen molar-refractivity contribution in [3.63, 3.8) is 0 Å². The van der Waals surface area contributed by atoms with Gasteiger partial charge in [0.15, 0.2) is 0 Å². The molecule has 0 aliphatic carbocycles. The van der Waals surface area contributed by atoms with E-state index in [4.69, 9.17) is 0 Å². The third-order valence-electron chi connectivity index (χ3n) is 2.02. The fraction of sp³-hybridized carbons (Fsp3) is 0.700. The van der Waals surface area contributed by atoms with E-state index < -0.39 is 0 Å². The second-order valence-electron chi connectivity index (χ2n) is 4.67. The van der Waals surface area contributed by atoms with Crippen LogP contribution >= 0.6 is 0 Å². The van der Waals surface area contributed by atoms with Crippen LogP contribution in [0.4, 0.5) is 0 Å².